The van der Waals surface area contributed by atoms with Gasteiger partial charge in [0.15, 0.2) is 0 Å². The zero-order valence-corrected chi connectivity index (χ0v) is 10.1. The number of nitrogens with one attached hydrogen (secondary N) is 1. The smallest absolute Gasteiger partial charge is 0.270 e. The Morgan fingerprint density at radius 1 is 1.44 bits per heavy atom. The first-order valence-corrected chi connectivity index (χ1v) is 6.26. The molecule has 2 aromatic heterocycles. The average molecular weight is 244 g/mol. The lowest BCUT2D eigenvalue weighted by Gasteiger charge is -2.32. The number of amides is 1. The molecule has 0 saturated carbocycles. The Bertz CT molecular complexity index is 503. The van der Waals surface area contributed by atoms with Crippen LogP contribution in [0.5, 0.6) is 0 Å². The number of likely N-dealkylation sites (tertiary alicyclic amines) is 1. The van der Waals surface area contributed by atoms with E-state index >= 15 is 0 Å². The summed E-state index contributed by atoms with van der Waals surface area (Å²) in [4.78, 5) is 17.1. The van der Waals surface area contributed by atoms with Gasteiger partial charge in [0, 0.05) is 31.7 Å². The lowest BCUT2D eigenvalue weighted by Crippen LogP contribution is -2.41. The molecule has 3 rings (SSSR count). The van der Waals surface area contributed by atoms with E-state index in [9.17, 15) is 4.79 Å². The van der Waals surface area contributed by atoms with Gasteiger partial charge in [-0.05, 0) is 31.0 Å². The minimum absolute atomic E-state index is 0.0804. The molecule has 1 saturated heterocycles. The molecule has 3 heterocycles. The molecule has 1 N–H and O–H groups in total. The van der Waals surface area contributed by atoms with Crippen LogP contribution in [0.15, 0.2) is 36.8 Å². The number of H-pyrrole nitrogens is 1. The third-order valence-corrected chi connectivity index (χ3v) is 3.41. The maximum Gasteiger partial charge on any atom is 0.270 e. The van der Waals surface area contributed by atoms with Crippen LogP contribution in [0.3, 0.4) is 0 Å². The SMILES string of the molecule is O=C(c1ccc[nH]1)N1CCCC(n2cccn2)C1. The number of aromatic nitrogens is 3. The van der Waals surface area contributed by atoms with Gasteiger partial charge in [0.1, 0.15) is 5.69 Å². The summed E-state index contributed by atoms with van der Waals surface area (Å²) in [5.41, 5.74) is 0.663. The van der Waals surface area contributed by atoms with E-state index in [0.717, 1.165) is 25.9 Å². The van der Waals surface area contributed by atoms with Crippen molar-refractivity contribution < 1.29 is 4.79 Å². The van der Waals surface area contributed by atoms with Crippen LogP contribution in [-0.4, -0.2) is 38.7 Å². The highest BCUT2D eigenvalue weighted by molar-refractivity contribution is 5.92. The van der Waals surface area contributed by atoms with Crippen LogP contribution in [0.25, 0.3) is 0 Å². The van der Waals surface area contributed by atoms with Gasteiger partial charge in [-0.3, -0.25) is 9.48 Å². The maximum absolute atomic E-state index is 12.2. The predicted molar refractivity (Wildman–Crippen MR) is 67.2 cm³/mol. The summed E-state index contributed by atoms with van der Waals surface area (Å²) < 4.78 is 1.95. The molecule has 0 radical (unpaired) electrons. The maximum atomic E-state index is 12.2. The minimum Gasteiger partial charge on any atom is -0.357 e. The van der Waals surface area contributed by atoms with Crippen molar-refractivity contribution in [2.75, 3.05) is 13.1 Å². The Hall–Kier alpha value is -2.04. The molecule has 5 nitrogen and oxygen atoms in total. The molecule has 0 aromatic carbocycles. The van der Waals surface area contributed by atoms with E-state index in [0.29, 0.717) is 11.7 Å². The van der Waals surface area contributed by atoms with Crippen molar-refractivity contribution in [3.63, 3.8) is 0 Å². The Labute approximate surface area is 105 Å². The molecule has 94 valence electrons. The van der Waals surface area contributed by atoms with E-state index in [1.54, 1.807) is 12.4 Å². The molecule has 2 aromatic rings. The molecule has 18 heavy (non-hydrogen) atoms. The fourth-order valence-electron chi connectivity index (χ4n) is 2.49. The van der Waals surface area contributed by atoms with E-state index < -0.39 is 0 Å². The number of hydrogen-bond acceptors (Lipinski definition) is 2. The van der Waals surface area contributed by atoms with Crippen LogP contribution < -0.4 is 0 Å². The molecule has 1 atom stereocenters. The van der Waals surface area contributed by atoms with E-state index in [2.05, 4.69) is 10.1 Å². The first-order valence-electron chi connectivity index (χ1n) is 6.26. The van der Waals surface area contributed by atoms with Gasteiger partial charge in [-0.2, -0.15) is 5.10 Å². The zero-order valence-electron chi connectivity index (χ0n) is 10.1. The van der Waals surface area contributed by atoms with E-state index in [-0.39, 0.29) is 5.91 Å². The van der Waals surface area contributed by atoms with Crippen LogP contribution in [0.1, 0.15) is 29.4 Å². The van der Waals surface area contributed by atoms with E-state index in [1.165, 1.54) is 0 Å². The van der Waals surface area contributed by atoms with Crippen molar-refractivity contribution in [1.82, 2.24) is 19.7 Å². The Morgan fingerprint density at radius 3 is 3.11 bits per heavy atom. The summed E-state index contributed by atoms with van der Waals surface area (Å²) in [6.07, 6.45) is 7.63. The van der Waals surface area contributed by atoms with Gasteiger partial charge in [0.25, 0.3) is 5.91 Å². The molecular formula is C13H16N4O. The van der Waals surface area contributed by atoms with Crippen LogP contribution in [0.2, 0.25) is 0 Å². The van der Waals surface area contributed by atoms with Crippen molar-refractivity contribution >= 4 is 5.91 Å². The molecule has 1 aliphatic heterocycles. The van der Waals surface area contributed by atoms with Gasteiger partial charge in [-0.25, -0.2) is 0 Å². The van der Waals surface area contributed by atoms with Gasteiger partial charge in [-0.1, -0.05) is 0 Å². The Morgan fingerprint density at radius 2 is 2.39 bits per heavy atom. The number of rotatable bonds is 2. The van der Waals surface area contributed by atoms with E-state index in [4.69, 9.17) is 0 Å². The summed E-state index contributed by atoms with van der Waals surface area (Å²) in [5, 5.41) is 4.27. The highest BCUT2D eigenvalue weighted by Gasteiger charge is 2.25. The summed E-state index contributed by atoms with van der Waals surface area (Å²) >= 11 is 0. The van der Waals surface area contributed by atoms with Crippen molar-refractivity contribution in [3.8, 4) is 0 Å². The van der Waals surface area contributed by atoms with Crippen molar-refractivity contribution in [3.05, 3.63) is 42.5 Å². The molecule has 0 bridgehead atoms. The summed E-state index contributed by atoms with van der Waals surface area (Å²) in [6.45, 7) is 1.56. The van der Waals surface area contributed by atoms with Gasteiger partial charge >= 0.3 is 0 Å². The fraction of sp³-hybridized carbons (Fsp3) is 0.385. The number of piperidine rings is 1. The number of carbonyl (C=O) groups is 1. The first kappa shape index (κ1) is 11.1. The van der Waals surface area contributed by atoms with E-state index in [1.807, 2.05) is 34.0 Å². The van der Waals surface area contributed by atoms with Crippen LogP contribution in [0.4, 0.5) is 0 Å². The van der Waals surface area contributed by atoms with Gasteiger partial charge in [0.05, 0.1) is 6.04 Å². The fourth-order valence-corrected chi connectivity index (χ4v) is 2.49. The van der Waals surface area contributed by atoms with Crippen LogP contribution in [0, 0.1) is 0 Å². The third-order valence-electron chi connectivity index (χ3n) is 3.41. The van der Waals surface area contributed by atoms with Crippen LogP contribution in [-0.2, 0) is 0 Å². The van der Waals surface area contributed by atoms with Crippen LogP contribution >= 0.6 is 0 Å². The monoisotopic (exact) mass is 244 g/mol. The molecular weight excluding hydrogens is 228 g/mol. The summed E-state index contributed by atoms with van der Waals surface area (Å²) in [6, 6.07) is 5.89. The largest absolute Gasteiger partial charge is 0.357 e. The summed E-state index contributed by atoms with van der Waals surface area (Å²) in [5.74, 6) is 0.0804. The lowest BCUT2D eigenvalue weighted by molar-refractivity contribution is 0.0667. The van der Waals surface area contributed by atoms with Crippen molar-refractivity contribution in [2.45, 2.75) is 18.9 Å². The quantitative estimate of drug-likeness (QED) is 0.874. The number of carbonyl (C=O) groups excluding carboxylic acids is 1. The highest BCUT2D eigenvalue weighted by Crippen LogP contribution is 2.21. The van der Waals surface area contributed by atoms with Gasteiger partial charge in [0.2, 0.25) is 0 Å². The molecule has 0 aliphatic carbocycles. The van der Waals surface area contributed by atoms with Crippen molar-refractivity contribution in [1.29, 1.82) is 0 Å². The van der Waals surface area contributed by atoms with Crippen molar-refractivity contribution in [2.24, 2.45) is 0 Å². The molecule has 0 spiro atoms. The highest BCUT2D eigenvalue weighted by atomic mass is 16.2. The Balaban J connectivity index is 1.73. The average Bonchev–Trinajstić information content (AvgIpc) is 3.11. The zero-order chi connectivity index (χ0) is 12.4. The predicted octanol–water partition coefficient (Wildman–Crippen LogP) is 1.69. The topological polar surface area (TPSA) is 53.9 Å². The first-order chi connectivity index (χ1) is 8.84. The molecule has 1 unspecified atom stereocenters. The molecule has 1 aliphatic rings. The number of hydrogen-bond donors (Lipinski definition) is 1. The van der Waals surface area contributed by atoms with Gasteiger partial charge < -0.3 is 9.88 Å². The second kappa shape index (κ2) is 4.68. The standard InChI is InChI=1S/C13H16N4O/c18-13(12-5-1-6-14-12)16-8-2-4-11(10-16)17-9-3-7-15-17/h1,3,5-7,9,11,14H,2,4,8,10H2. The normalized spacial score (nSPS) is 20.0. The second-order valence-electron chi connectivity index (χ2n) is 4.62. The minimum atomic E-state index is 0.0804. The lowest BCUT2D eigenvalue weighted by atomic mass is 10.1. The molecule has 5 heteroatoms. The Kier molecular flexibility index (Phi) is 2.88. The molecule has 1 amide bonds. The molecule has 1 fully saturated rings. The summed E-state index contributed by atoms with van der Waals surface area (Å²) in [7, 11) is 0. The number of nitrogens with zero attached hydrogens (tertiary/aromatic N) is 3. The van der Waals surface area contributed by atoms with Gasteiger partial charge in [-0.15, -0.1) is 0 Å². The third kappa shape index (κ3) is 2.03. The second-order valence-corrected chi connectivity index (χ2v) is 4.62. The number of aromatic amines is 1.